The van der Waals surface area contributed by atoms with Crippen molar-refractivity contribution < 1.29 is 9.47 Å². The Kier molecular flexibility index (Phi) is 9.03. The predicted molar refractivity (Wildman–Crippen MR) is 128 cm³/mol. The summed E-state index contributed by atoms with van der Waals surface area (Å²) in [6, 6.07) is 13.3. The SMILES string of the molecule is COc1cc(Cl)ccc1NC(=S)N(CCCN1CCOCC1)Cc1ccc(Cl)cc1. The molecule has 5 nitrogen and oxygen atoms in total. The van der Waals surface area contributed by atoms with Crippen LogP contribution >= 0.6 is 35.4 Å². The molecule has 2 aromatic carbocycles. The number of rotatable bonds is 8. The van der Waals surface area contributed by atoms with Gasteiger partial charge in [0, 0.05) is 48.8 Å². The van der Waals surface area contributed by atoms with Crippen molar-refractivity contribution in [2.24, 2.45) is 0 Å². The number of hydrogen-bond acceptors (Lipinski definition) is 4. The Bertz CT molecular complexity index is 830. The molecule has 1 aliphatic rings. The van der Waals surface area contributed by atoms with Gasteiger partial charge in [-0.2, -0.15) is 0 Å². The Morgan fingerprint density at radius 3 is 2.53 bits per heavy atom. The third-order valence-electron chi connectivity index (χ3n) is 4.99. The average molecular weight is 468 g/mol. The van der Waals surface area contributed by atoms with Crippen LogP contribution < -0.4 is 10.1 Å². The summed E-state index contributed by atoms with van der Waals surface area (Å²) in [6.07, 6.45) is 1.01. The Morgan fingerprint density at radius 1 is 1.13 bits per heavy atom. The number of benzene rings is 2. The molecule has 8 heteroatoms. The first kappa shape index (κ1) is 23.1. The molecule has 0 saturated carbocycles. The van der Waals surface area contributed by atoms with Crippen molar-refractivity contribution in [3.8, 4) is 5.75 Å². The molecule has 0 unspecified atom stereocenters. The topological polar surface area (TPSA) is 37.0 Å². The van der Waals surface area contributed by atoms with Crippen LogP contribution in [0.15, 0.2) is 42.5 Å². The van der Waals surface area contributed by atoms with E-state index in [1.165, 1.54) is 0 Å². The van der Waals surface area contributed by atoms with Crippen molar-refractivity contribution in [1.29, 1.82) is 0 Å². The second-order valence-corrected chi connectivity index (χ2v) is 8.39. The molecular weight excluding hydrogens is 441 g/mol. The van der Waals surface area contributed by atoms with Gasteiger partial charge in [-0.15, -0.1) is 0 Å². The Labute approximate surface area is 193 Å². The van der Waals surface area contributed by atoms with E-state index in [-0.39, 0.29) is 0 Å². The summed E-state index contributed by atoms with van der Waals surface area (Å²) < 4.78 is 10.9. The lowest BCUT2D eigenvalue weighted by Crippen LogP contribution is -2.40. The fourth-order valence-corrected chi connectivity index (χ4v) is 3.89. The third-order valence-corrected chi connectivity index (χ3v) is 5.83. The predicted octanol–water partition coefficient (Wildman–Crippen LogP) is 4.92. The number of nitrogens with zero attached hydrogens (tertiary/aromatic N) is 2. The van der Waals surface area contributed by atoms with Crippen LogP contribution in [0.1, 0.15) is 12.0 Å². The lowest BCUT2D eigenvalue weighted by molar-refractivity contribution is 0.0368. The average Bonchev–Trinajstić information content (AvgIpc) is 2.76. The highest BCUT2D eigenvalue weighted by Gasteiger charge is 2.15. The Morgan fingerprint density at radius 2 is 1.83 bits per heavy atom. The van der Waals surface area contributed by atoms with Crippen molar-refractivity contribution in [2.75, 3.05) is 51.8 Å². The van der Waals surface area contributed by atoms with Gasteiger partial charge in [-0.3, -0.25) is 4.90 Å². The molecule has 30 heavy (non-hydrogen) atoms. The number of anilines is 1. The van der Waals surface area contributed by atoms with E-state index < -0.39 is 0 Å². The van der Waals surface area contributed by atoms with E-state index in [0.717, 1.165) is 62.1 Å². The largest absolute Gasteiger partial charge is 0.495 e. The fourth-order valence-electron chi connectivity index (χ4n) is 3.34. The van der Waals surface area contributed by atoms with Crippen LogP contribution in [0.4, 0.5) is 5.69 Å². The second kappa shape index (κ2) is 11.7. The molecule has 3 rings (SSSR count). The summed E-state index contributed by atoms with van der Waals surface area (Å²) in [5, 5.41) is 5.31. The molecule has 1 fully saturated rings. The van der Waals surface area contributed by atoms with Gasteiger partial charge in [0.15, 0.2) is 5.11 Å². The number of morpholine rings is 1. The van der Waals surface area contributed by atoms with Gasteiger partial charge in [-0.05, 0) is 48.5 Å². The van der Waals surface area contributed by atoms with Gasteiger partial charge in [0.1, 0.15) is 5.75 Å². The molecule has 1 aliphatic heterocycles. The minimum Gasteiger partial charge on any atom is -0.495 e. The van der Waals surface area contributed by atoms with Crippen LogP contribution in [-0.4, -0.2) is 61.4 Å². The van der Waals surface area contributed by atoms with Crippen LogP contribution in [0.2, 0.25) is 10.0 Å². The van der Waals surface area contributed by atoms with Gasteiger partial charge in [-0.1, -0.05) is 35.3 Å². The number of halogens is 2. The maximum absolute atomic E-state index is 6.08. The fraction of sp³-hybridized carbons (Fsp3) is 0.409. The molecule has 0 radical (unpaired) electrons. The quantitative estimate of drug-likeness (QED) is 0.555. The molecule has 0 amide bonds. The highest BCUT2D eigenvalue weighted by atomic mass is 35.5. The molecule has 1 heterocycles. The normalized spacial score (nSPS) is 14.4. The standard InChI is InChI=1S/C22H27Cl2N3O2S/c1-28-21-15-19(24)7-8-20(21)25-22(30)27(16-17-3-5-18(23)6-4-17)10-2-9-26-11-13-29-14-12-26/h3-8,15H,2,9-14,16H2,1H3,(H,25,30). The number of methoxy groups -OCH3 is 1. The van der Waals surface area contributed by atoms with Gasteiger partial charge in [0.05, 0.1) is 26.0 Å². The Balaban J connectivity index is 1.66. The van der Waals surface area contributed by atoms with Crippen LogP contribution in [0, 0.1) is 0 Å². The molecule has 0 aromatic heterocycles. The summed E-state index contributed by atoms with van der Waals surface area (Å²) in [7, 11) is 1.62. The summed E-state index contributed by atoms with van der Waals surface area (Å²) >= 11 is 17.9. The molecule has 2 aromatic rings. The highest BCUT2D eigenvalue weighted by molar-refractivity contribution is 7.80. The first-order valence-corrected chi connectivity index (χ1v) is 11.2. The summed E-state index contributed by atoms with van der Waals surface area (Å²) in [5.41, 5.74) is 1.94. The van der Waals surface area contributed by atoms with Crippen molar-refractivity contribution in [3.63, 3.8) is 0 Å². The molecule has 1 N–H and O–H groups in total. The molecule has 0 spiro atoms. The summed E-state index contributed by atoms with van der Waals surface area (Å²) in [6.45, 7) is 6.15. The van der Waals surface area contributed by atoms with Crippen molar-refractivity contribution in [3.05, 3.63) is 58.1 Å². The number of ether oxygens (including phenoxy) is 2. The second-order valence-electron chi connectivity index (χ2n) is 7.13. The van der Waals surface area contributed by atoms with Gasteiger partial charge in [-0.25, -0.2) is 0 Å². The lowest BCUT2D eigenvalue weighted by Gasteiger charge is -2.30. The monoisotopic (exact) mass is 467 g/mol. The zero-order chi connectivity index (χ0) is 21.3. The maximum Gasteiger partial charge on any atom is 0.173 e. The smallest absolute Gasteiger partial charge is 0.173 e. The first-order chi connectivity index (χ1) is 14.5. The van der Waals surface area contributed by atoms with Crippen LogP contribution in [0.3, 0.4) is 0 Å². The molecule has 0 aliphatic carbocycles. The molecule has 1 saturated heterocycles. The minimum atomic E-state index is 0.617. The van der Waals surface area contributed by atoms with Crippen molar-refractivity contribution in [2.45, 2.75) is 13.0 Å². The zero-order valence-corrected chi connectivity index (χ0v) is 19.4. The zero-order valence-electron chi connectivity index (χ0n) is 17.1. The van der Waals surface area contributed by atoms with Crippen LogP contribution in [-0.2, 0) is 11.3 Å². The molecule has 0 bridgehead atoms. The highest BCUT2D eigenvalue weighted by Crippen LogP contribution is 2.28. The van der Waals surface area contributed by atoms with E-state index in [9.17, 15) is 0 Å². The molecule has 0 atom stereocenters. The van der Waals surface area contributed by atoms with Gasteiger partial charge in [0.2, 0.25) is 0 Å². The van der Waals surface area contributed by atoms with Crippen LogP contribution in [0.5, 0.6) is 5.75 Å². The summed E-state index contributed by atoms with van der Waals surface area (Å²) in [5.74, 6) is 0.657. The van der Waals surface area contributed by atoms with Gasteiger partial charge >= 0.3 is 0 Å². The molecule has 162 valence electrons. The number of nitrogens with one attached hydrogen (secondary N) is 1. The number of thiocarbonyl (C=S) groups is 1. The lowest BCUT2D eigenvalue weighted by atomic mass is 10.2. The van der Waals surface area contributed by atoms with Crippen molar-refractivity contribution >= 4 is 46.2 Å². The maximum atomic E-state index is 6.08. The van der Waals surface area contributed by atoms with E-state index in [1.807, 2.05) is 36.4 Å². The first-order valence-electron chi connectivity index (χ1n) is 9.99. The van der Waals surface area contributed by atoms with Gasteiger partial charge < -0.3 is 19.7 Å². The van der Waals surface area contributed by atoms with E-state index in [0.29, 0.717) is 22.4 Å². The third kappa shape index (κ3) is 7.00. The van der Waals surface area contributed by atoms with Crippen molar-refractivity contribution in [1.82, 2.24) is 9.80 Å². The van der Waals surface area contributed by atoms with Gasteiger partial charge in [0.25, 0.3) is 0 Å². The van der Waals surface area contributed by atoms with Crippen LogP contribution in [0.25, 0.3) is 0 Å². The number of hydrogen-bond donors (Lipinski definition) is 1. The molecular formula is C22H27Cl2N3O2S. The summed E-state index contributed by atoms with van der Waals surface area (Å²) in [4.78, 5) is 4.61. The van der Waals surface area contributed by atoms with E-state index in [1.54, 1.807) is 13.2 Å². The van der Waals surface area contributed by atoms with E-state index in [4.69, 9.17) is 44.9 Å². The van der Waals surface area contributed by atoms with E-state index in [2.05, 4.69) is 15.1 Å². The Hall–Kier alpha value is -1.57. The van der Waals surface area contributed by atoms with E-state index >= 15 is 0 Å². The minimum absolute atomic E-state index is 0.617.